The molecule has 1 aromatic carbocycles. The van der Waals surface area contributed by atoms with Gasteiger partial charge in [-0.25, -0.2) is 9.78 Å². The fourth-order valence-electron chi connectivity index (χ4n) is 2.99. The maximum atomic E-state index is 12.4. The highest BCUT2D eigenvalue weighted by molar-refractivity contribution is 5.79. The van der Waals surface area contributed by atoms with E-state index >= 15 is 0 Å². The summed E-state index contributed by atoms with van der Waals surface area (Å²) in [6.07, 6.45) is 3.28. The molecule has 0 aliphatic rings. The smallest absolute Gasteiger partial charge is 0.330 e. The summed E-state index contributed by atoms with van der Waals surface area (Å²) < 4.78 is 6.47. The van der Waals surface area contributed by atoms with E-state index in [1.165, 1.54) is 17.7 Å². The molecule has 3 aromatic heterocycles. The van der Waals surface area contributed by atoms with E-state index < -0.39 is 11.2 Å². The minimum Gasteiger partial charge on any atom is -0.507 e. The van der Waals surface area contributed by atoms with E-state index in [1.54, 1.807) is 42.7 Å². The number of hydrogen-bond donors (Lipinski definition) is 2. The zero-order chi connectivity index (χ0) is 19.7. The Morgan fingerprint density at radius 1 is 1.18 bits per heavy atom. The molecule has 0 fully saturated rings. The molecule has 4 rings (SSSR count). The molecule has 28 heavy (non-hydrogen) atoms. The quantitative estimate of drug-likeness (QED) is 0.563. The third kappa shape index (κ3) is 3.11. The van der Waals surface area contributed by atoms with Crippen LogP contribution in [-0.2, 0) is 6.54 Å². The van der Waals surface area contributed by atoms with Crippen LogP contribution in [0.5, 0.6) is 11.5 Å². The molecule has 0 bridgehead atoms. The van der Waals surface area contributed by atoms with E-state index in [4.69, 9.17) is 4.74 Å². The van der Waals surface area contributed by atoms with Gasteiger partial charge in [0.05, 0.1) is 24.7 Å². The van der Waals surface area contributed by atoms with Crippen molar-refractivity contribution in [3.8, 4) is 22.8 Å². The van der Waals surface area contributed by atoms with Gasteiger partial charge in [0.1, 0.15) is 11.5 Å². The number of phenolic OH excluding ortho intramolecular Hbond substituents is 1. The van der Waals surface area contributed by atoms with Crippen molar-refractivity contribution in [3.05, 3.63) is 81.3 Å². The SMILES string of the molecule is COc1ccc(-c2ccc3c(=O)[nH]c(=O)n(Cc4cccnc4)c3n2)c(O)c1. The number of nitrogens with one attached hydrogen (secondary N) is 1. The zero-order valence-corrected chi connectivity index (χ0v) is 14.9. The molecule has 0 unspecified atom stereocenters. The zero-order valence-electron chi connectivity index (χ0n) is 14.9. The van der Waals surface area contributed by atoms with Crippen molar-refractivity contribution < 1.29 is 9.84 Å². The minimum absolute atomic E-state index is 0.0165. The fraction of sp³-hybridized carbons (Fsp3) is 0.100. The molecule has 0 spiro atoms. The first-order valence-electron chi connectivity index (χ1n) is 8.47. The molecule has 2 N–H and O–H groups in total. The first-order chi connectivity index (χ1) is 13.6. The molecule has 0 saturated heterocycles. The number of rotatable bonds is 4. The van der Waals surface area contributed by atoms with Gasteiger partial charge in [-0.15, -0.1) is 0 Å². The lowest BCUT2D eigenvalue weighted by molar-refractivity contribution is 0.408. The maximum Gasteiger partial charge on any atom is 0.330 e. The summed E-state index contributed by atoms with van der Waals surface area (Å²) in [7, 11) is 1.51. The summed E-state index contributed by atoms with van der Waals surface area (Å²) in [5.74, 6) is 0.490. The fourth-order valence-corrected chi connectivity index (χ4v) is 2.99. The predicted octanol–water partition coefficient (Wildman–Crippen LogP) is 1.91. The van der Waals surface area contributed by atoms with Crippen molar-refractivity contribution in [1.82, 2.24) is 19.5 Å². The molecular formula is C20H16N4O4. The minimum atomic E-state index is -0.565. The Morgan fingerprint density at radius 3 is 2.75 bits per heavy atom. The van der Waals surface area contributed by atoms with Gasteiger partial charge in [0.25, 0.3) is 5.56 Å². The van der Waals surface area contributed by atoms with Gasteiger partial charge in [0.15, 0.2) is 5.65 Å². The van der Waals surface area contributed by atoms with E-state index in [-0.39, 0.29) is 23.3 Å². The topological polar surface area (TPSA) is 110 Å². The molecule has 0 aliphatic carbocycles. The van der Waals surface area contributed by atoms with Crippen LogP contribution >= 0.6 is 0 Å². The van der Waals surface area contributed by atoms with Gasteiger partial charge in [0, 0.05) is 24.0 Å². The first kappa shape index (κ1) is 17.5. The van der Waals surface area contributed by atoms with Crippen LogP contribution in [0.2, 0.25) is 0 Å². The van der Waals surface area contributed by atoms with Crippen LogP contribution in [0.4, 0.5) is 0 Å². The molecule has 0 atom stereocenters. The monoisotopic (exact) mass is 376 g/mol. The largest absolute Gasteiger partial charge is 0.507 e. The predicted molar refractivity (Wildman–Crippen MR) is 104 cm³/mol. The normalized spacial score (nSPS) is 10.9. The molecule has 0 amide bonds. The molecule has 3 heterocycles. The van der Waals surface area contributed by atoms with Crippen molar-refractivity contribution in [3.63, 3.8) is 0 Å². The van der Waals surface area contributed by atoms with Gasteiger partial charge >= 0.3 is 5.69 Å². The molecule has 8 nitrogen and oxygen atoms in total. The number of fused-ring (bicyclic) bond motifs is 1. The second kappa shape index (κ2) is 6.99. The molecular weight excluding hydrogens is 360 g/mol. The van der Waals surface area contributed by atoms with Crippen LogP contribution in [0.25, 0.3) is 22.3 Å². The van der Waals surface area contributed by atoms with Crippen LogP contribution in [0, 0.1) is 0 Å². The van der Waals surface area contributed by atoms with Gasteiger partial charge in [-0.05, 0) is 35.9 Å². The molecule has 0 saturated carbocycles. The van der Waals surface area contributed by atoms with Crippen LogP contribution < -0.4 is 16.0 Å². The van der Waals surface area contributed by atoms with Crippen molar-refractivity contribution in [2.75, 3.05) is 7.11 Å². The second-order valence-corrected chi connectivity index (χ2v) is 6.16. The summed E-state index contributed by atoms with van der Waals surface area (Å²) in [6, 6.07) is 11.6. The van der Waals surface area contributed by atoms with E-state index in [1.807, 2.05) is 6.07 Å². The number of aromatic nitrogens is 4. The van der Waals surface area contributed by atoms with Gasteiger partial charge in [-0.1, -0.05) is 6.07 Å². The standard InChI is InChI=1S/C20H16N4O4/c1-28-13-4-5-14(17(25)9-13)16-7-6-15-18(22-16)24(20(27)23-19(15)26)11-12-3-2-8-21-10-12/h2-10,25H,11H2,1H3,(H,23,26,27). The molecule has 0 aliphatic heterocycles. The van der Waals surface area contributed by atoms with Crippen molar-refractivity contribution >= 4 is 11.0 Å². The highest BCUT2D eigenvalue weighted by Gasteiger charge is 2.13. The van der Waals surface area contributed by atoms with Crippen LogP contribution in [0.1, 0.15) is 5.56 Å². The lowest BCUT2D eigenvalue weighted by atomic mass is 10.1. The molecule has 8 heteroatoms. The van der Waals surface area contributed by atoms with Gasteiger partial charge in [0.2, 0.25) is 0 Å². The van der Waals surface area contributed by atoms with Crippen molar-refractivity contribution in [1.29, 1.82) is 0 Å². The lowest BCUT2D eigenvalue weighted by Crippen LogP contribution is -2.31. The highest BCUT2D eigenvalue weighted by Crippen LogP contribution is 2.31. The number of benzene rings is 1. The summed E-state index contributed by atoms with van der Waals surface area (Å²) in [4.78, 5) is 35.5. The van der Waals surface area contributed by atoms with Crippen LogP contribution in [-0.4, -0.2) is 31.7 Å². The third-order valence-corrected chi connectivity index (χ3v) is 4.39. The first-order valence-corrected chi connectivity index (χ1v) is 8.47. The number of ether oxygens (including phenoxy) is 1. The van der Waals surface area contributed by atoms with E-state index in [2.05, 4.69) is 15.0 Å². The summed E-state index contributed by atoms with van der Waals surface area (Å²) in [6.45, 7) is 0.199. The van der Waals surface area contributed by atoms with Crippen molar-refractivity contribution in [2.45, 2.75) is 6.54 Å². The average molecular weight is 376 g/mol. The van der Waals surface area contributed by atoms with E-state index in [0.717, 1.165) is 5.56 Å². The van der Waals surface area contributed by atoms with Gasteiger partial charge < -0.3 is 9.84 Å². The Labute approximate surface area is 158 Å². The number of nitrogens with zero attached hydrogens (tertiary/aromatic N) is 3. The van der Waals surface area contributed by atoms with Crippen molar-refractivity contribution in [2.24, 2.45) is 0 Å². The van der Waals surface area contributed by atoms with Gasteiger partial charge in [-0.2, -0.15) is 0 Å². The number of aromatic hydroxyl groups is 1. The number of pyridine rings is 2. The number of phenols is 1. The summed E-state index contributed by atoms with van der Waals surface area (Å²) >= 11 is 0. The van der Waals surface area contributed by atoms with Gasteiger partial charge in [-0.3, -0.25) is 19.3 Å². The number of methoxy groups -OCH3 is 1. The number of H-pyrrole nitrogens is 1. The average Bonchev–Trinajstić information content (AvgIpc) is 2.71. The van der Waals surface area contributed by atoms with E-state index in [0.29, 0.717) is 17.0 Å². The number of hydrogen-bond acceptors (Lipinski definition) is 6. The molecule has 4 aromatic rings. The molecule has 0 radical (unpaired) electrons. The molecule has 140 valence electrons. The summed E-state index contributed by atoms with van der Waals surface area (Å²) in [5, 5.41) is 10.6. The van der Waals surface area contributed by atoms with Crippen LogP contribution in [0.15, 0.2) is 64.4 Å². The Bertz CT molecular complexity index is 1280. The number of aromatic amines is 1. The Morgan fingerprint density at radius 2 is 2.04 bits per heavy atom. The lowest BCUT2D eigenvalue weighted by Gasteiger charge is -2.11. The maximum absolute atomic E-state index is 12.4. The third-order valence-electron chi connectivity index (χ3n) is 4.39. The van der Waals surface area contributed by atoms with Crippen LogP contribution in [0.3, 0.4) is 0 Å². The van der Waals surface area contributed by atoms with E-state index in [9.17, 15) is 14.7 Å². The summed E-state index contributed by atoms with van der Waals surface area (Å²) in [5.41, 5.74) is 0.828. The Kier molecular flexibility index (Phi) is 4.36. The second-order valence-electron chi connectivity index (χ2n) is 6.16. The Balaban J connectivity index is 1.92. The Hall–Kier alpha value is -3.94. The highest BCUT2D eigenvalue weighted by atomic mass is 16.5.